The van der Waals surface area contributed by atoms with Gasteiger partial charge in [0.1, 0.15) is 11.9 Å². The Bertz CT molecular complexity index is 676. The Hall–Kier alpha value is -2.17. The molecule has 5 heteroatoms. The lowest BCUT2D eigenvalue weighted by atomic mass is 9.79. The maximum absolute atomic E-state index is 13.0. The second-order valence-corrected chi connectivity index (χ2v) is 6.52. The summed E-state index contributed by atoms with van der Waals surface area (Å²) in [7, 11) is 0. The normalized spacial score (nSPS) is 15.8. The zero-order valence-electron chi connectivity index (χ0n) is 14.0. The number of rotatable bonds is 7. The Morgan fingerprint density at radius 2 is 2.12 bits per heavy atom. The van der Waals surface area contributed by atoms with Crippen LogP contribution in [-0.2, 0) is 17.8 Å². The molecule has 128 valence electrons. The fourth-order valence-electron chi connectivity index (χ4n) is 3.25. The summed E-state index contributed by atoms with van der Waals surface area (Å²) in [6, 6.07) is 6.05. The van der Waals surface area contributed by atoms with E-state index in [2.05, 4.69) is 17.2 Å². The van der Waals surface area contributed by atoms with Crippen molar-refractivity contribution in [1.82, 2.24) is 14.9 Å². The van der Waals surface area contributed by atoms with E-state index in [1.807, 2.05) is 10.8 Å². The maximum atomic E-state index is 13.0. The second kappa shape index (κ2) is 7.60. The van der Waals surface area contributed by atoms with Crippen molar-refractivity contribution in [2.24, 2.45) is 5.92 Å². The van der Waals surface area contributed by atoms with Crippen molar-refractivity contribution in [3.05, 3.63) is 53.9 Å². The molecule has 0 aliphatic heterocycles. The first-order valence-electron chi connectivity index (χ1n) is 8.72. The maximum Gasteiger partial charge on any atom is 0.243 e. The van der Waals surface area contributed by atoms with E-state index < -0.39 is 0 Å². The van der Waals surface area contributed by atoms with E-state index in [1.165, 1.54) is 18.6 Å². The Labute approximate surface area is 142 Å². The number of aryl methyl sites for hydroxylation is 1. The van der Waals surface area contributed by atoms with E-state index in [4.69, 9.17) is 0 Å². The average Bonchev–Trinajstić information content (AvgIpc) is 2.98. The molecule has 1 heterocycles. The third kappa shape index (κ3) is 3.66. The number of benzene rings is 1. The van der Waals surface area contributed by atoms with E-state index in [1.54, 1.807) is 18.5 Å². The highest BCUT2D eigenvalue weighted by molar-refractivity contribution is 5.80. The molecule has 24 heavy (non-hydrogen) atoms. The van der Waals surface area contributed by atoms with Gasteiger partial charge in [0, 0.05) is 18.4 Å². The summed E-state index contributed by atoms with van der Waals surface area (Å²) < 4.78 is 15.0. The van der Waals surface area contributed by atoms with Crippen molar-refractivity contribution in [2.75, 3.05) is 0 Å². The zero-order chi connectivity index (χ0) is 16.9. The molecule has 0 saturated heterocycles. The number of hydrogen-bond acceptors (Lipinski definition) is 2. The number of carbonyl (C=O) groups is 1. The summed E-state index contributed by atoms with van der Waals surface area (Å²) in [6.07, 6.45) is 8.95. The van der Waals surface area contributed by atoms with Crippen LogP contribution in [0, 0.1) is 11.7 Å². The van der Waals surface area contributed by atoms with E-state index in [-0.39, 0.29) is 17.8 Å². The lowest BCUT2D eigenvalue weighted by Gasteiger charge is -2.34. The number of amides is 1. The third-order valence-electron chi connectivity index (χ3n) is 4.80. The van der Waals surface area contributed by atoms with Gasteiger partial charge in [0.25, 0.3) is 0 Å². The summed E-state index contributed by atoms with van der Waals surface area (Å²) in [5.41, 5.74) is 2.02. The fourth-order valence-corrected chi connectivity index (χ4v) is 3.25. The zero-order valence-corrected chi connectivity index (χ0v) is 14.0. The van der Waals surface area contributed by atoms with Crippen molar-refractivity contribution < 1.29 is 9.18 Å². The van der Waals surface area contributed by atoms with Gasteiger partial charge in [-0.05, 0) is 42.9 Å². The first-order chi connectivity index (χ1) is 11.7. The van der Waals surface area contributed by atoms with Crippen molar-refractivity contribution in [1.29, 1.82) is 0 Å². The molecule has 1 N–H and O–H groups in total. The summed E-state index contributed by atoms with van der Waals surface area (Å²) in [4.78, 5) is 17.1. The standard InChI is InChI=1S/C19H24FN3O/c1-2-4-17-12-21-13-23(17)18(15-5-3-6-15)19(24)22-11-14-7-9-16(20)10-8-14/h7-10,12-13,15,18H,2-6,11H2,1H3,(H,22,24). The molecular weight excluding hydrogens is 305 g/mol. The van der Waals surface area contributed by atoms with Gasteiger partial charge in [-0.3, -0.25) is 4.79 Å². The molecule has 1 amide bonds. The van der Waals surface area contributed by atoms with Crippen LogP contribution < -0.4 is 5.32 Å². The van der Waals surface area contributed by atoms with Crippen LogP contribution in [0.15, 0.2) is 36.8 Å². The van der Waals surface area contributed by atoms with Crippen LogP contribution in [0.2, 0.25) is 0 Å². The monoisotopic (exact) mass is 329 g/mol. The van der Waals surface area contributed by atoms with Crippen molar-refractivity contribution >= 4 is 5.91 Å². The average molecular weight is 329 g/mol. The number of halogens is 1. The first kappa shape index (κ1) is 16.7. The van der Waals surface area contributed by atoms with E-state index in [9.17, 15) is 9.18 Å². The SMILES string of the molecule is CCCc1cncn1C(C(=O)NCc1ccc(F)cc1)C1CCC1. The van der Waals surface area contributed by atoms with Gasteiger partial charge in [0.15, 0.2) is 0 Å². The number of imidazole rings is 1. The predicted octanol–water partition coefficient (Wildman–Crippen LogP) is 3.63. The molecule has 4 nitrogen and oxygen atoms in total. The Morgan fingerprint density at radius 3 is 2.75 bits per heavy atom. The van der Waals surface area contributed by atoms with Gasteiger partial charge in [0.05, 0.1) is 6.33 Å². The van der Waals surface area contributed by atoms with Crippen molar-refractivity contribution in [3.8, 4) is 0 Å². The number of nitrogens with one attached hydrogen (secondary N) is 1. The molecule has 1 atom stereocenters. The molecule has 1 saturated carbocycles. The van der Waals surface area contributed by atoms with Gasteiger partial charge in [-0.15, -0.1) is 0 Å². The minimum absolute atomic E-state index is 0.0272. The number of nitrogens with zero attached hydrogens (tertiary/aromatic N) is 2. The van der Waals surface area contributed by atoms with Crippen LogP contribution in [0.5, 0.6) is 0 Å². The lowest BCUT2D eigenvalue weighted by Crippen LogP contribution is -2.39. The van der Waals surface area contributed by atoms with Gasteiger partial charge < -0.3 is 9.88 Å². The van der Waals surface area contributed by atoms with Gasteiger partial charge in [-0.25, -0.2) is 9.37 Å². The van der Waals surface area contributed by atoms with Crippen molar-refractivity contribution in [3.63, 3.8) is 0 Å². The summed E-state index contributed by atoms with van der Waals surface area (Å²) in [6.45, 7) is 2.55. The number of carbonyl (C=O) groups excluding carboxylic acids is 1. The van der Waals surface area contributed by atoms with Crippen molar-refractivity contribution in [2.45, 2.75) is 51.6 Å². The molecule has 1 unspecified atom stereocenters. The van der Waals surface area contributed by atoms with E-state index >= 15 is 0 Å². The van der Waals surface area contributed by atoms with Crippen LogP contribution in [0.25, 0.3) is 0 Å². The largest absolute Gasteiger partial charge is 0.350 e. The quantitative estimate of drug-likeness (QED) is 0.843. The van der Waals surface area contributed by atoms with E-state index in [0.717, 1.165) is 36.9 Å². The minimum atomic E-state index is -0.264. The molecule has 3 rings (SSSR count). The van der Waals surface area contributed by atoms with Crippen LogP contribution in [0.1, 0.15) is 49.9 Å². The topological polar surface area (TPSA) is 46.9 Å². The first-order valence-corrected chi connectivity index (χ1v) is 8.72. The third-order valence-corrected chi connectivity index (χ3v) is 4.80. The van der Waals surface area contributed by atoms with Crippen LogP contribution in [0.4, 0.5) is 4.39 Å². The lowest BCUT2D eigenvalue weighted by molar-refractivity contribution is -0.127. The molecule has 0 bridgehead atoms. The molecular formula is C19H24FN3O. The Morgan fingerprint density at radius 1 is 1.38 bits per heavy atom. The molecule has 0 spiro atoms. The highest BCUT2D eigenvalue weighted by atomic mass is 19.1. The summed E-state index contributed by atoms with van der Waals surface area (Å²) in [5.74, 6) is 0.141. The summed E-state index contributed by atoms with van der Waals surface area (Å²) in [5, 5.41) is 3.02. The Balaban J connectivity index is 1.72. The molecule has 1 fully saturated rings. The molecule has 0 radical (unpaired) electrons. The highest BCUT2D eigenvalue weighted by Gasteiger charge is 2.34. The van der Waals surface area contributed by atoms with Gasteiger partial charge in [-0.2, -0.15) is 0 Å². The summed E-state index contributed by atoms with van der Waals surface area (Å²) >= 11 is 0. The smallest absolute Gasteiger partial charge is 0.243 e. The number of hydrogen-bond donors (Lipinski definition) is 1. The van der Waals surface area contributed by atoms with E-state index in [0.29, 0.717) is 12.5 Å². The van der Waals surface area contributed by atoms with Gasteiger partial charge >= 0.3 is 0 Å². The van der Waals surface area contributed by atoms with Crippen LogP contribution in [0.3, 0.4) is 0 Å². The molecule has 1 aromatic carbocycles. The Kier molecular flexibility index (Phi) is 5.28. The molecule has 1 aliphatic rings. The molecule has 2 aromatic rings. The number of aromatic nitrogens is 2. The van der Waals surface area contributed by atoms with Crippen LogP contribution in [-0.4, -0.2) is 15.5 Å². The molecule has 1 aliphatic carbocycles. The fraction of sp³-hybridized carbons (Fsp3) is 0.474. The van der Waals surface area contributed by atoms with Gasteiger partial charge in [0.2, 0.25) is 5.91 Å². The molecule has 1 aromatic heterocycles. The highest BCUT2D eigenvalue weighted by Crippen LogP contribution is 2.37. The second-order valence-electron chi connectivity index (χ2n) is 6.52. The van der Waals surface area contributed by atoms with Gasteiger partial charge in [-0.1, -0.05) is 31.9 Å². The predicted molar refractivity (Wildman–Crippen MR) is 90.8 cm³/mol. The minimum Gasteiger partial charge on any atom is -0.350 e. The van der Waals surface area contributed by atoms with Crippen LogP contribution >= 0.6 is 0 Å².